The first-order valence-corrected chi connectivity index (χ1v) is 18.2. The van der Waals surface area contributed by atoms with E-state index in [4.69, 9.17) is 18.6 Å². The van der Waals surface area contributed by atoms with Crippen molar-refractivity contribution in [3.05, 3.63) is 48.1 Å². The van der Waals surface area contributed by atoms with Gasteiger partial charge in [-0.15, -0.1) is 10.2 Å². The molecular formula is C30H38F2N6O5Si. The van der Waals surface area contributed by atoms with Gasteiger partial charge in [0.25, 0.3) is 0 Å². The summed E-state index contributed by atoms with van der Waals surface area (Å²) in [5.74, 6) is -1.86. The SMILES string of the molecule is CC(C)c1nnc(-c2cn(COCC[Si](C)(C)C)c3nccc(Oc4c(F)cc(NC(=O)NCC5(C)COC5)cc4F)c23)o1. The van der Waals surface area contributed by atoms with E-state index in [-0.39, 0.29) is 35.4 Å². The van der Waals surface area contributed by atoms with Gasteiger partial charge in [-0.2, -0.15) is 0 Å². The largest absolute Gasteiger partial charge is 0.450 e. The van der Waals surface area contributed by atoms with Crippen LogP contribution in [0.3, 0.4) is 0 Å². The molecule has 14 heteroatoms. The quantitative estimate of drug-likeness (QED) is 0.130. The second kappa shape index (κ2) is 12.6. The van der Waals surface area contributed by atoms with E-state index in [9.17, 15) is 4.79 Å². The Morgan fingerprint density at radius 3 is 2.52 bits per heavy atom. The summed E-state index contributed by atoms with van der Waals surface area (Å²) in [4.78, 5) is 16.8. The number of urea groups is 1. The minimum atomic E-state index is -1.30. The van der Waals surface area contributed by atoms with E-state index in [0.717, 1.165) is 18.2 Å². The van der Waals surface area contributed by atoms with E-state index >= 15 is 8.78 Å². The second-order valence-corrected chi connectivity index (χ2v) is 18.6. The van der Waals surface area contributed by atoms with Crippen LogP contribution >= 0.6 is 0 Å². The molecule has 0 unspecified atom stereocenters. The molecule has 5 rings (SSSR count). The molecule has 1 aromatic carbocycles. The van der Waals surface area contributed by atoms with Gasteiger partial charge in [-0.05, 0) is 12.1 Å². The Balaban J connectivity index is 1.42. The number of carbonyl (C=O) groups excluding carboxylic acids is 1. The molecule has 44 heavy (non-hydrogen) atoms. The zero-order valence-electron chi connectivity index (χ0n) is 25.8. The highest BCUT2D eigenvalue weighted by atomic mass is 28.3. The maximum atomic E-state index is 15.3. The zero-order valence-corrected chi connectivity index (χ0v) is 26.8. The first-order chi connectivity index (χ1) is 20.8. The summed E-state index contributed by atoms with van der Waals surface area (Å²) >= 11 is 0. The summed E-state index contributed by atoms with van der Waals surface area (Å²) in [5.41, 5.74) is 0.722. The standard InChI is InChI=1S/C30H38F2N6O5Si/c1-18(2)27-36-37-28(43-27)20-13-38(17-40-9-10-44(4,5)6)26-24(20)23(7-8-33-26)42-25-21(31)11-19(12-22(25)32)35-29(39)34-14-30(3)15-41-16-30/h7-8,11-13,18H,9-10,14-17H2,1-6H3,(H2,34,35,39). The fourth-order valence-corrected chi connectivity index (χ4v) is 5.27. The van der Waals surface area contributed by atoms with Gasteiger partial charge in [0.05, 0.1) is 24.2 Å². The van der Waals surface area contributed by atoms with Crippen molar-refractivity contribution in [2.24, 2.45) is 5.41 Å². The molecule has 1 fully saturated rings. The lowest BCUT2D eigenvalue weighted by molar-refractivity contribution is -0.0974. The van der Waals surface area contributed by atoms with Crippen molar-refractivity contribution in [2.75, 3.05) is 31.7 Å². The molecule has 11 nitrogen and oxygen atoms in total. The molecule has 0 atom stereocenters. The van der Waals surface area contributed by atoms with Gasteiger partial charge in [0.1, 0.15) is 18.1 Å². The average Bonchev–Trinajstić information content (AvgIpc) is 3.56. The Bertz CT molecular complexity index is 1620. The zero-order chi connectivity index (χ0) is 31.6. The van der Waals surface area contributed by atoms with Crippen LogP contribution in [0.2, 0.25) is 25.7 Å². The molecular weight excluding hydrogens is 590 g/mol. The Morgan fingerprint density at radius 1 is 1.18 bits per heavy atom. The number of benzene rings is 1. The molecule has 2 N–H and O–H groups in total. The van der Waals surface area contributed by atoms with Crippen molar-refractivity contribution in [1.82, 2.24) is 25.1 Å². The predicted octanol–water partition coefficient (Wildman–Crippen LogP) is 6.75. The van der Waals surface area contributed by atoms with Crippen molar-refractivity contribution >= 4 is 30.8 Å². The van der Waals surface area contributed by atoms with Crippen molar-refractivity contribution in [2.45, 2.75) is 59.1 Å². The topological polar surface area (TPSA) is 126 Å². The van der Waals surface area contributed by atoms with Crippen LogP contribution < -0.4 is 15.4 Å². The lowest BCUT2D eigenvalue weighted by Gasteiger charge is -2.37. The summed E-state index contributed by atoms with van der Waals surface area (Å²) in [7, 11) is -1.30. The van der Waals surface area contributed by atoms with Crippen LogP contribution in [0, 0.1) is 17.0 Å². The Labute approximate surface area is 255 Å². The highest BCUT2D eigenvalue weighted by molar-refractivity contribution is 6.76. The molecule has 4 heterocycles. The van der Waals surface area contributed by atoms with E-state index < -0.39 is 31.5 Å². The van der Waals surface area contributed by atoms with Gasteiger partial charge in [0.15, 0.2) is 17.4 Å². The number of fused-ring (bicyclic) bond motifs is 1. The number of pyridine rings is 1. The summed E-state index contributed by atoms with van der Waals surface area (Å²) in [6, 6.07) is 3.90. The van der Waals surface area contributed by atoms with Crippen molar-refractivity contribution in [1.29, 1.82) is 0 Å². The lowest BCUT2D eigenvalue weighted by atomic mass is 9.89. The van der Waals surface area contributed by atoms with Gasteiger partial charge in [0.2, 0.25) is 11.8 Å². The molecule has 1 saturated heterocycles. The number of nitrogens with zero attached hydrogens (tertiary/aromatic N) is 4. The Morgan fingerprint density at radius 2 is 1.91 bits per heavy atom. The number of hydrogen-bond donors (Lipinski definition) is 2. The number of halogens is 2. The number of anilines is 1. The molecule has 0 bridgehead atoms. The number of amides is 2. The van der Waals surface area contributed by atoms with Crippen molar-refractivity contribution < 1.29 is 32.2 Å². The third-order valence-electron chi connectivity index (χ3n) is 7.16. The normalized spacial score (nSPS) is 14.6. The van der Waals surface area contributed by atoms with Gasteiger partial charge in [-0.3, -0.25) is 0 Å². The van der Waals surface area contributed by atoms with Crippen molar-refractivity contribution in [3.63, 3.8) is 0 Å². The van der Waals surface area contributed by atoms with Gasteiger partial charge >= 0.3 is 6.03 Å². The van der Waals surface area contributed by atoms with Crippen LogP contribution in [0.1, 0.15) is 32.6 Å². The predicted molar refractivity (Wildman–Crippen MR) is 164 cm³/mol. The van der Waals surface area contributed by atoms with Crippen LogP contribution in [0.4, 0.5) is 19.3 Å². The lowest BCUT2D eigenvalue weighted by Crippen LogP contribution is -2.49. The molecule has 0 spiro atoms. The molecule has 1 aliphatic heterocycles. The first-order valence-electron chi connectivity index (χ1n) is 14.5. The van der Waals surface area contributed by atoms with Crippen molar-refractivity contribution in [3.8, 4) is 23.0 Å². The first kappa shape index (κ1) is 31.5. The highest BCUT2D eigenvalue weighted by Gasteiger charge is 2.33. The molecule has 0 saturated carbocycles. The molecule has 0 radical (unpaired) electrons. The molecule has 1 aliphatic rings. The van der Waals surface area contributed by atoms with E-state index in [1.165, 1.54) is 12.3 Å². The third-order valence-corrected chi connectivity index (χ3v) is 8.86. The van der Waals surface area contributed by atoms with E-state index in [2.05, 4.69) is 45.5 Å². The average molecular weight is 629 g/mol. The second-order valence-electron chi connectivity index (χ2n) is 13.0. The molecule has 4 aromatic rings. The van der Waals surface area contributed by atoms with Crippen LogP contribution in [0.25, 0.3) is 22.5 Å². The highest BCUT2D eigenvalue weighted by Crippen LogP contribution is 2.39. The minimum Gasteiger partial charge on any atom is -0.450 e. The maximum absolute atomic E-state index is 15.3. The maximum Gasteiger partial charge on any atom is 0.319 e. The Hall–Kier alpha value is -3.88. The number of ether oxygens (including phenoxy) is 3. The smallest absolute Gasteiger partial charge is 0.319 e. The molecule has 0 aliphatic carbocycles. The van der Waals surface area contributed by atoms with Crippen LogP contribution in [0.5, 0.6) is 11.5 Å². The fraction of sp³-hybridized carbons (Fsp3) is 0.467. The minimum absolute atomic E-state index is 0.00365. The van der Waals surface area contributed by atoms with E-state index in [0.29, 0.717) is 48.9 Å². The summed E-state index contributed by atoms with van der Waals surface area (Å²) in [6.45, 7) is 14.9. The fourth-order valence-electron chi connectivity index (χ4n) is 4.51. The molecule has 236 valence electrons. The summed E-state index contributed by atoms with van der Waals surface area (Å²) in [5, 5.41) is 13.9. The van der Waals surface area contributed by atoms with E-state index in [1.807, 2.05) is 20.8 Å². The molecule has 2 amide bonds. The summed E-state index contributed by atoms with van der Waals surface area (Å²) in [6.07, 6.45) is 3.24. The van der Waals surface area contributed by atoms with Gasteiger partial charge in [-0.25, -0.2) is 18.6 Å². The van der Waals surface area contributed by atoms with Crippen LogP contribution in [0.15, 0.2) is 35.0 Å². The Kier molecular flexibility index (Phi) is 9.04. The third kappa shape index (κ3) is 7.25. The summed E-state index contributed by atoms with van der Waals surface area (Å²) < 4.78 is 55.3. The number of nitrogens with one attached hydrogen (secondary N) is 2. The number of hydrogen-bond acceptors (Lipinski definition) is 8. The molecule has 3 aromatic heterocycles. The van der Waals surface area contributed by atoms with Gasteiger partial charge in [-0.1, -0.05) is 40.4 Å². The van der Waals surface area contributed by atoms with E-state index in [1.54, 1.807) is 10.8 Å². The number of aromatic nitrogens is 4. The number of rotatable bonds is 12. The van der Waals surface area contributed by atoms with Crippen LogP contribution in [-0.4, -0.2) is 60.2 Å². The van der Waals surface area contributed by atoms with Gasteiger partial charge < -0.3 is 33.8 Å². The van der Waals surface area contributed by atoms with Gasteiger partial charge in [0, 0.05) is 62.8 Å². The van der Waals surface area contributed by atoms with Crippen LogP contribution in [-0.2, 0) is 16.2 Å². The monoisotopic (exact) mass is 628 g/mol. The number of carbonyl (C=O) groups is 1.